The summed E-state index contributed by atoms with van der Waals surface area (Å²) in [5.41, 5.74) is -0.330. The zero-order valence-corrected chi connectivity index (χ0v) is 9.69. The summed E-state index contributed by atoms with van der Waals surface area (Å²) in [4.78, 5) is 21.4. The van der Waals surface area contributed by atoms with Crippen LogP contribution in [0.3, 0.4) is 0 Å². The minimum Gasteiger partial charge on any atom is -0.326 e. The van der Waals surface area contributed by atoms with E-state index >= 15 is 0 Å². The van der Waals surface area contributed by atoms with Gasteiger partial charge in [0.05, 0.1) is 4.92 Å². The van der Waals surface area contributed by atoms with Crippen LogP contribution in [0.15, 0.2) is 18.2 Å². The van der Waals surface area contributed by atoms with Crippen molar-refractivity contribution in [3.8, 4) is 0 Å². The maximum absolute atomic E-state index is 13.3. The van der Waals surface area contributed by atoms with E-state index in [1.54, 1.807) is 0 Å². The monoisotopic (exact) mass is 252 g/mol. The number of nitrogens with one attached hydrogen (secondary N) is 1. The second-order valence-corrected chi connectivity index (χ2v) is 4.39. The number of halogens is 1. The molecule has 1 fully saturated rings. The average Bonchev–Trinajstić information content (AvgIpc) is 2.81. The van der Waals surface area contributed by atoms with E-state index in [-0.39, 0.29) is 17.5 Å². The second-order valence-electron chi connectivity index (χ2n) is 4.39. The molecule has 0 unspecified atom stereocenters. The minimum absolute atomic E-state index is 0.0248. The summed E-state index contributed by atoms with van der Waals surface area (Å²) in [6, 6.07) is 3.37. The van der Waals surface area contributed by atoms with Crippen LogP contribution in [-0.4, -0.2) is 10.8 Å². The van der Waals surface area contributed by atoms with Crippen molar-refractivity contribution in [3.05, 3.63) is 34.1 Å². The van der Waals surface area contributed by atoms with Gasteiger partial charge in [-0.1, -0.05) is 12.8 Å². The first-order valence-electron chi connectivity index (χ1n) is 5.83. The Kier molecular flexibility index (Phi) is 3.55. The highest BCUT2D eigenvalue weighted by atomic mass is 19.1. The van der Waals surface area contributed by atoms with Gasteiger partial charge in [0.2, 0.25) is 11.7 Å². The molecule has 1 aliphatic rings. The number of amides is 1. The van der Waals surface area contributed by atoms with Gasteiger partial charge >= 0.3 is 5.69 Å². The quantitative estimate of drug-likeness (QED) is 0.664. The predicted octanol–water partition coefficient (Wildman–Crippen LogP) is 2.86. The van der Waals surface area contributed by atoms with E-state index in [0.29, 0.717) is 0 Å². The van der Waals surface area contributed by atoms with Crippen LogP contribution in [0.1, 0.15) is 25.7 Å². The topological polar surface area (TPSA) is 72.2 Å². The Hall–Kier alpha value is -1.98. The molecule has 1 saturated carbocycles. The van der Waals surface area contributed by atoms with Gasteiger partial charge in [-0.05, 0) is 18.9 Å². The molecule has 0 atom stereocenters. The van der Waals surface area contributed by atoms with Gasteiger partial charge in [-0.2, -0.15) is 4.39 Å². The molecule has 1 N–H and O–H groups in total. The summed E-state index contributed by atoms with van der Waals surface area (Å²) in [5.74, 6) is -1.10. The largest absolute Gasteiger partial charge is 0.326 e. The third-order valence-electron chi connectivity index (χ3n) is 3.14. The lowest BCUT2D eigenvalue weighted by Crippen LogP contribution is -2.20. The van der Waals surface area contributed by atoms with Crippen molar-refractivity contribution in [2.75, 3.05) is 5.32 Å². The Bertz CT molecular complexity index is 484. The highest BCUT2D eigenvalue weighted by Gasteiger charge is 2.23. The Morgan fingerprint density at radius 2 is 2.06 bits per heavy atom. The number of nitro groups is 1. The van der Waals surface area contributed by atoms with E-state index in [1.165, 1.54) is 6.07 Å². The third kappa shape index (κ3) is 2.64. The molecular weight excluding hydrogens is 239 g/mol. The number of carbonyl (C=O) groups excluding carboxylic acids is 1. The van der Waals surface area contributed by atoms with Gasteiger partial charge in [0.25, 0.3) is 0 Å². The van der Waals surface area contributed by atoms with E-state index in [9.17, 15) is 19.3 Å². The zero-order chi connectivity index (χ0) is 13.1. The van der Waals surface area contributed by atoms with Crippen molar-refractivity contribution in [2.24, 2.45) is 5.92 Å². The fraction of sp³-hybridized carbons (Fsp3) is 0.417. The summed E-state index contributed by atoms with van der Waals surface area (Å²) in [6.45, 7) is 0. The maximum Gasteiger partial charge on any atom is 0.304 e. The van der Waals surface area contributed by atoms with Crippen LogP contribution in [0.2, 0.25) is 0 Å². The Labute approximate surface area is 103 Å². The Balaban J connectivity index is 2.07. The van der Waals surface area contributed by atoms with Gasteiger partial charge in [-0.15, -0.1) is 0 Å². The first-order valence-corrected chi connectivity index (χ1v) is 5.83. The van der Waals surface area contributed by atoms with Crippen molar-refractivity contribution >= 4 is 17.3 Å². The first kappa shape index (κ1) is 12.5. The number of benzene rings is 1. The highest BCUT2D eigenvalue weighted by molar-refractivity contribution is 5.92. The molecule has 0 aromatic heterocycles. The van der Waals surface area contributed by atoms with Crippen molar-refractivity contribution in [2.45, 2.75) is 25.7 Å². The molecule has 96 valence electrons. The van der Waals surface area contributed by atoms with Crippen LogP contribution in [0.25, 0.3) is 0 Å². The number of carbonyl (C=O) groups is 1. The molecule has 0 saturated heterocycles. The van der Waals surface area contributed by atoms with Gasteiger partial charge in [0.15, 0.2) is 0 Å². The van der Waals surface area contributed by atoms with Crippen LogP contribution in [-0.2, 0) is 4.79 Å². The van der Waals surface area contributed by atoms with Gasteiger partial charge in [0, 0.05) is 23.7 Å². The molecule has 0 bridgehead atoms. The third-order valence-corrected chi connectivity index (χ3v) is 3.14. The maximum atomic E-state index is 13.3. The lowest BCUT2D eigenvalue weighted by Gasteiger charge is -2.10. The molecule has 0 spiro atoms. The molecule has 1 amide bonds. The molecule has 5 nitrogen and oxygen atoms in total. The molecule has 18 heavy (non-hydrogen) atoms. The summed E-state index contributed by atoms with van der Waals surface area (Å²) >= 11 is 0. The highest BCUT2D eigenvalue weighted by Crippen LogP contribution is 2.27. The standard InChI is InChI=1S/C12H13FN2O3/c13-10-7-9(5-6-11(10)15(17)18)14-12(16)8-3-1-2-4-8/h5-8H,1-4H2,(H,14,16). The minimum atomic E-state index is -0.941. The molecule has 0 radical (unpaired) electrons. The van der Waals surface area contributed by atoms with Crippen LogP contribution >= 0.6 is 0 Å². The molecule has 1 aliphatic carbocycles. The predicted molar refractivity (Wildman–Crippen MR) is 63.6 cm³/mol. The number of rotatable bonds is 3. The van der Waals surface area contributed by atoms with Gasteiger partial charge in [0.1, 0.15) is 0 Å². The molecule has 0 heterocycles. The van der Waals surface area contributed by atoms with Crippen LogP contribution in [0, 0.1) is 21.8 Å². The second kappa shape index (κ2) is 5.12. The van der Waals surface area contributed by atoms with Crippen LogP contribution < -0.4 is 5.32 Å². The van der Waals surface area contributed by atoms with Crippen molar-refractivity contribution < 1.29 is 14.1 Å². The van der Waals surface area contributed by atoms with Crippen molar-refractivity contribution in [1.82, 2.24) is 0 Å². The molecule has 0 aliphatic heterocycles. The van der Waals surface area contributed by atoms with Crippen LogP contribution in [0.5, 0.6) is 0 Å². The van der Waals surface area contributed by atoms with Gasteiger partial charge < -0.3 is 5.32 Å². The number of nitrogens with zero attached hydrogens (tertiary/aromatic N) is 1. The molecule has 2 rings (SSSR count). The number of anilines is 1. The zero-order valence-electron chi connectivity index (χ0n) is 9.69. The van der Waals surface area contributed by atoms with Gasteiger partial charge in [-0.25, -0.2) is 0 Å². The summed E-state index contributed by atoms with van der Waals surface area (Å²) < 4.78 is 13.3. The van der Waals surface area contributed by atoms with Crippen molar-refractivity contribution in [1.29, 1.82) is 0 Å². The van der Waals surface area contributed by atoms with E-state index in [0.717, 1.165) is 37.8 Å². The Morgan fingerprint density at radius 3 is 2.61 bits per heavy atom. The molecule has 6 heteroatoms. The van der Waals surface area contributed by atoms with E-state index in [1.807, 2.05) is 0 Å². The SMILES string of the molecule is O=C(Nc1ccc([N+](=O)[O-])c(F)c1)C1CCCC1. The summed E-state index contributed by atoms with van der Waals surface area (Å²) in [5, 5.41) is 13.0. The van der Waals surface area contributed by atoms with E-state index in [4.69, 9.17) is 0 Å². The number of nitro benzene ring substituents is 1. The summed E-state index contributed by atoms with van der Waals surface area (Å²) in [7, 11) is 0. The smallest absolute Gasteiger partial charge is 0.304 e. The van der Waals surface area contributed by atoms with E-state index in [2.05, 4.69) is 5.32 Å². The number of hydrogen-bond acceptors (Lipinski definition) is 3. The fourth-order valence-electron chi connectivity index (χ4n) is 2.17. The van der Waals surface area contributed by atoms with E-state index < -0.39 is 16.4 Å². The van der Waals surface area contributed by atoms with Crippen molar-refractivity contribution in [3.63, 3.8) is 0 Å². The van der Waals surface area contributed by atoms with Crippen LogP contribution in [0.4, 0.5) is 15.8 Å². The molecule has 1 aromatic carbocycles. The average molecular weight is 252 g/mol. The van der Waals surface area contributed by atoms with Gasteiger partial charge in [-0.3, -0.25) is 14.9 Å². The fourth-order valence-corrected chi connectivity index (χ4v) is 2.17. The lowest BCUT2D eigenvalue weighted by molar-refractivity contribution is -0.387. The normalized spacial score (nSPS) is 15.6. The molecule has 1 aromatic rings. The lowest BCUT2D eigenvalue weighted by atomic mass is 10.1. The summed E-state index contributed by atoms with van der Waals surface area (Å²) in [6.07, 6.45) is 3.77. The first-order chi connectivity index (χ1) is 8.58. The molecular formula is C12H13FN2O3. The number of hydrogen-bond donors (Lipinski definition) is 1. The Morgan fingerprint density at radius 1 is 1.39 bits per heavy atom.